The largest absolute Gasteiger partial charge is 0.462 e. The van der Waals surface area contributed by atoms with Crippen molar-refractivity contribution in [2.45, 2.75) is 19.8 Å². The van der Waals surface area contributed by atoms with E-state index < -0.39 is 0 Å². The van der Waals surface area contributed by atoms with Crippen LogP contribution in [0.4, 0.5) is 0 Å². The third-order valence-electron chi connectivity index (χ3n) is 1.06. The Morgan fingerprint density at radius 3 is 2.91 bits per heavy atom. The number of ether oxygens (including phenoxy) is 1. The Labute approximate surface area is 67.6 Å². The molecule has 0 aromatic carbocycles. The summed E-state index contributed by atoms with van der Waals surface area (Å²) >= 11 is 0. The molecule has 62 valence electrons. The number of esters is 1. The smallest absolute Gasteiger partial charge is 0.330 e. The van der Waals surface area contributed by atoms with E-state index in [1.54, 1.807) is 12.2 Å². The van der Waals surface area contributed by atoms with Crippen LogP contribution in [0.15, 0.2) is 24.8 Å². The zero-order chi connectivity index (χ0) is 8.53. The second-order valence-electron chi connectivity index (χ2n) is 2.06. The normalized spacial score (nSPS) is 9.91. The molecule has 0 aliphatic rings. The predicted octanol–water partition coefficient (Wildman–Crippen LogP) is 2.07. The Balaban J connectivity index is 3.36. The molecule has 0 aliphatic heterocycles. The van der Waals surface area contributed by atoms with Crippen LogP contribution in [-0.4, -0.2) is 12.6 Å². The molecule has 0 amide bonds. The van der Waals surface area contributed by atoms with Crippen molar-refractivity contribution < 1.29 is 9.53 Å². The molecule has 0 aromatic rings. The first kappa shape index (κ1) is 9.95. The Kier molecular flexibility index (Phi) is 6.39. The maximum Gasteiger partial charge on any atom is 0.330 e. The fourth-order valence-corrected chi connectivity index (χ4v) is 0.505. The Morgan fingerprint density at radius 2 is 2.36 bits per heavy atom. The van der Waals surface area contributed by atoms with E-state index in [2.05, 4.69) is 6.58 Å². The van der Waals surface area contributed by atoms with Gasteiger partial charge in [-0.1, -0.05) is 19.1 Å². The molecule has 2 nitrogen and oxygen atoms in total. The average Bonchev–Trinajstić information content (AvgIpc) is 2.01. The van der Waals surface area contributed by atoms with Crippen LogP contribution in [0, 0.1) is 0 Å². The lowest BCUT2D eigenvalue weighted by Crippen LogP contribution is -2.00. The standard InChI is InChI=1S/C9H14O2/c1-3-5-7-9(10)11-8-6-4-2/h4-5,7H,2-3,6,8H2,1H3/b7-5+. The Morgan fingerprint density at radius 1 is 1.64 bits per heavy atom. The zero-order valence-corrected chi connectivity index (χ0v) is 6.88. The van der Waals surface area contributed by atoms with E-state index in [9.17, 15) is 4.79 Å². The topological polar surface area (TPSA) is 26.3 Å². The molecule has 0 spiro atoms. The first-order chi connectivity index (χ1) is 5.31. The van der Waals surface area contributed by atoms with Crippen LogP contribution in [0.5, 0.6) is 0 Å². The summed E-state index contributed by atoms with van der Waals surface area (Å²) in [7, 11) is 0. The maximum absolute atomic E-state index is 10.7. The predicted molar refractivity (Wildman–Crippen MR) is 45.2 cm³/mol. The highest BCUT2D eigenvalue weighted by Gasteiger charge is 1.92. The van der Waals surface area contributed by atoms with Crippen LogP contribution in [0.25, 0.3) is 0 Å². The lowest BCUT2D eigenvalue weighted by atomic mass is 10.4. The Bertz CT molecular complexity index is 148. The van der Waals surface area contributed by atoms with Crippen molar-refractivity contribution in [2.24, 2.45) is 0 Å². The van der Waals surface area contributed by atoms with Crippen molar-refractivity contribution in [3.8, 4) is 0 Å². The van der Waals surface area contributed by atoms with Gasteiger partial charge in [0.15, 0.2) is 0 Å². The van der Waals surface area contributed by atoms with E-state index in [1.807, 2.05) is 6.92 Å². The molecular formula is C9H14O2. The van der Waals surface area contributed by atoms with Gasteiger partial charge in [0.2, 0.25) is 0 Å². The number of rotatable bonds is 5. The van der Waals surface area contributed by atoms with Crippen molar-refractivity contribution in [3.05, 3.63) is 24.8 Å². The summed E-state index contributed by atoms with van der Waals surface area (Å²) in [6, 6.07) is 0. The van der Waals surface area contributed by atoms with Crippen LogP contribution < -0.4 is 0 Å². The fourth-order valence-electron chi connectivity index (χ4n) is 0.505. The van der Waals surface area contributed by atoms with E-state index in [1.165, 1.54) is 6.08 Å². The van der Waals surface area contributed by atoms with Crippen LogP contribution in [0.1, 0.15) is 19.8 Å². The number of allylic oxidation sites excluding steroid dienone is 1. The van der Waals surface area contributed by atoms with Gasteiger partial charge in [0.25, 0.3) is 0 Å². The number of carbonyl (C=O) groups is 1. The monoisotopic (exact) mass is 154 g/mol. The maximum atomic E-state index is 10.7. The molecule has 0 bridgehead atoms. The van der Waals surface area contributed by atoms with Gasteiger partial charge in [0.05, 0.1) is 6.61 Å². The highest BCUT2D eigenvalue weighted by molar-refractivity contribution is 5.81. The molecule has 0 unspecified atom stereocenters. The molecule has 0 N–H and O–H groups in total. The van der Waals surface area contributed by atoms with Crippen LogP contribution in [-0.2, 0) is 9.53 Å². The van der Waals surface area contributed by atoms with Gasteiger partial charge in [-0.05, 0) is 12.8 Å². The van der Waals surface area contributed by atoms with E-state index in [0.29, 0.717) is 13.0 Å². The lowest BCUT2D eigenvalue weighted by molar-refractivity contribution is -0.137. The molecule has 0 atom stereocenters. The summed E-state index contributed by atoms with van der Waals surface area (Å²) in [5, 5.41) is 0. The summed E-state index contributed by atoms with van der Waals surface area (Å²) in [5.74, 6) is -0.270. The van der Waals surface area contributed by atoms with Crippen LogP contribution in [0.3, 0.4) is 0 Å². The molecular weight excluding hydrogens is 140 g/mol. The highest BCUT2D eigenvalue weighted by atomic mass is 16.5. The van der Waals surface area contributed by atoms with E-state index >= 15 is 0 Å². The lowest BCUT2D eigenvalue weighted by Gasteiger charge is -1.96. The van der Waals surface area contributed by atoms with Gasteiger partial charge >= 0.3 is 5.97 Å². The second kappa shape index (κ2) is 7.06. The van der Waals surface area contributed by atoms with Crippen LogP contribution in [0.2, 0.25) is 0 Å². The van der Waals surface area contributed by atoms with Gasteiger partial charge < -0.3 is 4.74 Å². The molecule has 0 radical (unpaired) electrons. The van der Waals surface area contributed by atoms with Gasteiger partial charge in [0.1, 0.15) is 0 Å². The molecule has 0 aromatic heterocycles. The molecule has 2 heteroatoms. The van der Waals surface area contributed by atoms with Crippen molar-refractivity contribution in [2.75, 3.05) is 6.61 Å². The van der Waals surface area contributed by atoms with E-state index in [0.717, 1.165) is 6.42 Å². The molecule has 11 heavy (non-hydrogen) atoms. The van der Waals surface area contributed by atoms with Gasteiger partial charge in [-0.25, -0.2) is 4.79 Å². The van der Waals surface area contributed by atoms with Gasteiger partial charge in [-0.3, -0.25) is 0 Å². The summed E-state index contributed by atoms with van der Waals surface area (Å²) < 4.78 is 4.79. The second-order valence-corrected chi connectivity index (χ2v) is 2.06. The highest BCUT2D eigenvalue weighted by Crippen LogP contribution is 1.87. The molecule has 0 saturated carbocycles. The van der Waals surface area contributed by atoms with Crippen molar-refractivity contribution >= 4 is 5.97 Å². The first-order valence-corrected chi connectivity index (χ1v) is 3.75. The molecule has 0 fully saturated rings. The summed E-state index contributed by atoms with van der Waals surface area (Å²) in [4.78, 5) is 10.7. The minimum absolute atomic E-state index is 0.270. The number of hydrogen-bond donors (Lipinski definition) is 0. The SMILES string of the molecule is C=CCCOC(=O)/C=C/CC. The third-order valence-corrected chi connectivity index (χ3v) is 1.06. The van der Waals surface area contributed by atoms with E-state index in [-0.39, 0.29) is 5.97 Å². The summed E-state index contributed by atoms with van der Waals surface area (Å²) in [6.45, 7) is 5.90. The van der Waals surface area contributed by atoms with Gasteiger partial charge in [-0.2, -0.15) is 0 Å². The van der Waals surface area contributed by atoms with E-state index in [4.69, 9.17) is 4.74 Å². The van der Waals surface area contributed by atoms with Gasteiger partial charge in [0, 0.05) is 6.08 Å². The molecule has 0 saturated heterocycles. The van der Waals surface area contributed by atoms with Gasteiger partial charge in [-0.15, -0.1) is 6.58 Å². The van der Waals surface area contributed by atoms with Crippen molar-refractivity contribution in [1.82, 2.24) is 0 Å². The molecule has 0 rings (SSSR count). The fraction of sp³-hybridized carbons (Fsp3) is 0.444. The van der Waals surface area contributed by atoms with Crippen molar-refractivity contribution in [1.29, 1.82) is 0 Å². The van der Waals surface area contributed by atoms with Crippen LogP contribution >= 0.6 is 0 Å². The van der Waals surface area contributed by atoms with Crippen molar-refractivity contribution in [3.63, 3.8) is 0 Å². The third kappa shape index (κ3) is 6.84. The summed E-state index contributed by atoms with van der Waals surface area (Å²) in [6.07, 6.45) is 6.51. The molecule has 0 heterocycles. The average molecular weight is 154 g/mol. The minimum atomic E-state index is -0.270. The molecule has 0 aliphatic carbocycles. The zero-order valence-electron chi connectivity index (χ0n) is 6.88. The number of hydrogen-bond acceptors (Lipinski definition) is 2. The summed E-state index contributed by atoms with van der Waals surface area (Å²) in [5.41, 5.74) is 0. The number of carbonyl (C=O) groups excluding carboxylic acids is 1. The first-order valence-electron chi connectivity index (χ1n) is 3.75. The Hall–Kier alpha value is -1.05. The minimum Gasteiger partial charge on any atom is -0.462 e. The quantitative estimate of drug-likeness (QED) is 0.262.